The van der Waals surface area contributed by atoms with E-state index >= 15 is 0 Å². The van der Waals surface area contributed by atoms with Crippen molar-refractivity contribution in [3.63, 3.8) is 0 Å². The summed E-state index contributed by atoms with van der Waals surface area (Å²) in [5.41, 5.74) is 1.04. The first-order valence-electron chi connectivity index (χ1n) is 7.67. The van der Waals surface area contributed by atoms with E-state index in [9.17, 15) is 9.18 Å². The van der Waals surface area contributed by atoms with Crippen molar-refractivity contribution in [1.29, 1.82) is 0 Å². The molecule has 1 heterocycles. The first-order chi connectivity index (χ1) is 11.6. The molecule has 1 amide bonds. The average Bonchev–Trinajstić information content (AvgIpc) is 2.81. The topological polar surface area (TPSA) is 20.3 Å². The third-order valence-corrected chi connectivity index (χ3v) is 6.03. The number of carbonyl (C=O) groups excluding carboxylic acids is 1. The van der Waals surface area contributed by atoms with E-state index < -0.39 is 5.82 Å². The summed E-state index contributed by atoms with van der Waals surface area (Å²) in [4.78, 5) is 14.3. The van der Waals surface area contributed by atoms with Crippen LogP contribution >= 0.6 is 35.0 Å². The molecule has 1 saturated heterocycles. The van der Waals surface area contributed by atoms with E-state index in [1.54, 1.807) is 16.7 Å². The van der Waals surface area contributed by atoms with Gasteiger partial charge in [-0.2, -0.15) is 11.8 Å². The quantitative estimate of drug-likeness (QED) is 0.686. The molecule has 0 aromatic heterocycles. The smallest absolute Gasteiger partial charge is 0.258 e. The fourth-order valence-corrected chi connectivity index (χ4v) is 4.66. The SMILES string of the molecule is O=C(c1c(F)cccc1Cl)N1CCSC(c2ccccc2Cl)CC1. The number of rotatable bonds is 2. The molecule has 0 N–H and O–H groups in total. The highest BCUT2D eigenvalue weighted by Crippen LogP contribution is 2.38. The number of benzene rings is 2. The maximum absolute atomic E-state index is 14.0. The van der Waals surface area contributed by atoms with Gasteiger partial charge >= 0.3 is 0 Å². The van der Waals surface area contributed by atoms with Crippen LogP contribution in [0.15, 0.2) is 42.5 Å². The van der Waals surface area contributed by atoms with E-state index in [1.807, 2.05) is 24.3 Å². The molecule has 0 aliphatic carbocycles. The second-order valence-corrected chi connectivity index (χ2v) is 7.68. The number of halogens is 3. The Balaban J connectivity index is 1.76. The Hall–Kier alpha value is -1.23. The molecule has 1 fully saturated rings. The standard InChI is InChI=1S/C18H16Cl2FNOS/c19-13-5-2-1-4-12(13)16-8-9-22(10-11-24-16)18(23)17-14(20)6-3-7-15(17)21/h1-7,16H,8-11H2. The Labute approximate surface area is 154 Å². The summed E-state index contributed by atoms with van der Waals surface area (Å²) < 4.78 is 14.0. The van der Waals surface area contributed by atoms with Crippen molar-refractivity contribution in [2.45, 2.75) is 11.7 Å². The van der Waals surface area contributed by atoms with Gasteiger partial charge in [-0.15, -0.1) is 0 Å². The lowest BCUT2D eigenvalue weighted by molar-refractivity contribution is 0.0762. The fourth-order valence-electron chi connectivity index (χ4n) is 2.82. The lowest BCUT2D eigenvalue weighted by Crippen LogP contribution is -2.33. The van der Waals surface area contributed by atoms with E-state index in [0.29, 0.717) is 13.1 Å². The van der Waals surface area contributed by atoms with Crippen LogP contribution in [0.3, 0.4) is 0 Å². The molecule has 1 aliphatic rings. The van der Waals surface area contributed by atoms with Gasteiger partial charge < -0.3 is 4.90 Å². The molecule has 0 saturated carbocycles. The van der Waals surface area contributed by atoms with Crippen molar-refractivity contribution in [2.75, 3.05) is 18.8 Å². The van der Waals surface area contributed by atoms with Gasteiger partial charge in [0.15, 0.2) is 0 Å². The summed E-state index contributed by atoms with van der Waals surface area (Å²) in [5, 5.41) is 1.12. The molecule has 2 aromatic rings. The summed E-state index contributed by atoms with van der Waals surface area (Å²) in [5.74, 6) is -0.154. The number of carbonyl (C=O) groups is 1. The van der Waals surface area contributed by atoms with Gasteiger partial charge in [0.25, 0.3) is 5.91 Å². The molecule has 1 aliphatic heterocycles. The highest BCUT2D eigenvalue weighted by atomic mass is 35.5. The fraction of sp³-hybridized carbons (Fsp3) is 0.278. The Kier molecular flexibility index (Phi) is 5.69. The second-order valence-electron chi connectivity index (χ2n) is 5.56. The molecule has 126 valence electrons. The van der Waals surface area contributed by atoms with Crippen LogP contribution in [-0.4, -0.2) is 29.6 Å². The van der Waals surface area contributed by atoms with Gasteiger partial charge in [0, 0.05) is 29.1 Å². The Bertz CT molecular complexity index is 735. The molecule has 0 spiro atoms. The third kappa shape index (κ3) is 3.71. The van der Waals surface area contributed by atoms with Crippen LogP contribution in [0.2, 0.25) is 10.0 Å². The highest BCUT2D eigenvalue weighted by Gasteiger charge is 2.26. The first kappa shape index (κ1) is 17.6. The molecule has 1 atom stereocenters. The van der Waals surface area contributed by atoms with Crippen molar-refractivity contribution in [3.8, 4) is 0 Å². The van der Waals surface area contributed by atoms with Gasteiger partial charge in [0.2, 0.25) is 0 Å². The number of nitrogens with zero attached hydrogens (tertiary/aromatic N) is 1. The highest BCUT2D eigenvalue weighted by molar-refractivity contribution is 7.99. The average molecular weight is 384 g/mol. The number of amides is 1. The first-order valence-corrected chi connectivity index (χ1v) is 9.47. The third-order valence-electron chi connectivity index (χ3n) is 4.06. The monoisotopic (exact) mass is 383 g/mol. The van der Waals surface area contributed by atoms with Crippen LogP contribution < -0.4 is 0 Å². The van der Waals surface area contributed by atoms with Crippen LogP contribution in [0.5, 0.6) is 0 Å². The largest absolute Gasteiger partial charge is 0.338 e. The predicted octanol–water partition coefficient (Wildman–Crippen LogP) is 5.45. The van der Waals surface area contributed by atoms with Crippen molar-refractivity contribution in [1.82, 2.24) is 4.90 Å². The summed E-state index contributed by atoms with van der Waals surface area (Å²) in [6.45, 7) is 1.11. The Morgan fingerprint density at radius 3 is 2.58 bits per heavy atom. The van der Waals surface area contributed by atoms with Crippen molar-refractivity contribution in [2.24, 2.45) is 0 Å². The van der Waals surface area contributed by atoms with Gasteiger partial charge in [-0.1, -0.05) is 47.5 Å². The molecule has 2 aromatic carbocycles. The summed E-state index contributed by atoms with van der Waals surface area (Å²) in [6, 6.07) is 12.1. The number of thioether (sulfide) groups is 1. The summed E-state index contributed by atoms with van der Waals surface area (Å²) >= 11 is 14.1. The molecule has 1 unspecified atom stereocenters. The maximum Gasteiger partial charge on any atom is 0.258 e. The normalized spacial score (nSPS) is 18.3. The minimum absolute atomic E-state index is 0.0413. The van der Waals surface area contributed by atoms with E-state index in [2.05, 4.69) is 0 Å². The van der Waals surface area contributed by atoms with E-state index in [0.717, 1.165) is 22.8 Å². The molecular formula is C18H16Cl2FNOS. The second kappa shape index (κ2) is 7.77. The van der Waals surface area contributed by atoms with Gasteiger partial charge in [-0.25, -0.2) is 4.39 Å². The van der Waals surface area contributed by atoms with Crippen LogP contribution in [-0.2, 0) is 0 Å². The van der Waals surface area contributed by atoms with Crippen LogP contribution in [0.4, 0.5) is 4.39 Å². The van der Waals surface area contributed by atoms with Gasteiger partial charge in [-0.3, -0.25) is 4.79 Å². The summed E-state index contributed by atoms with van der Waals surface area (Å²) in [7, 11) is 0. The lowest BCUT2D eigenvalue weighted by atomic mass is 10.1. The Morgan fingerprint density at radius 2 is 1.83 bits per heavy atom. The maximum atomic E-state index is 14.0. The van der Waals surface area contributed by atoms with Crippen molar-refractivity contribution < 1.29 is 9.18 Å². The van der Waals surface area contributed by atoms with Crippen LogP contribution in [0, 0.1) is 5.82 Å². The minimum atomic E-state index is -0.577. The zero-order valence-electron chi connectivity index (χ0n) is 12.8. The zero-order valence-corrected chi connectivity index (χ0v) is 15.2. The van der Waals surface area contributed by atoms with Crippen LogP contribution in [0.25, 0.3) is 0 Å². The zero-order chi connectivity index (χ0) is 17.1. The van der Waals surface area contributed by atoms with E-state index in [4.69, 9.17) is 23.2 Å². The molecule has 2 nitrogen and oxygen atoms in total. The minimum Gasteiger partial charge on any atom is -0.338 e. The molecule has 24 heavy (non-hydrogen) atoms. The van der Waals surface area contributed by atoms with Gasteiger partial charge in [-0.05, 0) is 30.2 Å². The van der Waals surface area contributed by atoms with Crippen molar-refractivity contribution in [3.05, 3.63) is 69.5 Å². The molecular weight excluding hydrogens is 368 g/mol. The van der Waals surface area contributed by atoms with E-state index in [-0.39, 0.29) is 21.7 Å². The molecule has 0 bridgehead atoms. The predicted molar refractivity (Wildman–Crippen MR) is 98.6 cm³/mol. The summed E-state index contributed by atoms with van der Waals surface area (Å²) in [6.07, 6.45) is 0.770. The number of hydrogen-bond donors (Lipinski definition) is 0. The molecule has 6 heteroatoms. The van der Waals surface area contributed by atoms with Crippen LogP contribution in [0.1, 0.15) is 27.6 Å². The van der Waals surface area contributed by atoms with E-state index in [1.165, 1.54) is 18.2 Å². The number of hydrogen-bond acceptors (Lipinski definition) is 2. The van der Waals surface area contributed by atoms with Gasteiger partial charge in [0.05, 0.1) is 10.6 Å². The van der Waals surface area contributed by atoms with Crippen molar-refractivity contribution >= 4 is 40.9 Å². The van der Waals surface area contributed by atoms with Gasteiger partial charge in [0.1, 0.15) is 5.82 Å². The molecule has 0 radical (unpaired) electrons. The lowest BCUT2D eigenvalue weighted by Gasteiger charge is -2.21. The Morgan fingerprint density at radius 1 is 1.08 bits per heavy atom. The molecule has 3 rings (SSSR count).